The average Bonchev–Trinajstić information content (AvgIpc) is 3.03. The van der Waals surface area contributed by atoms with Gasteiger partial charge in [0, 0.05) is 5.69 Å². The number of nitrogens with two attached hydrogens (primary N) is 1. The summed E-state index contributed by atoms with van der Waals surface area (Å²) < 4.78 is 10.8. The molecule has 0 saturated heterocycles. The van der Waals surface area contributed by atoms with E-state index in [9.17, 15) is 4.79 Å². The topological polar surface area (TPSA) is 77.3 Å². The van der Waals surface area contributed by atoms with Crippen molar-refractivity contribution in [2.45, 2.75) is 13.5 Å². The molecule has 0 atom stereocenters. The summed E-state index contributed by atoms with van der Waals surface area (Å²) in [7, 11) is 0. The summed E-state index contributed by atoms with van der Waals surface area (Å²) in [6.45, 7) is 2.59. The predicted octanol–water partition coefficient (Wildman–Crippen LogP) is 4.02. The normalized spacial score (nSPS) is 10.4. The second-order valence-electron chi connectivity index (χ2n) is 5.53. The van der Waals surface area contributed by atoms with E-state index in [0.29, 0.717) is 24.6 Å². The third kappa shape index (κ3) is 4.01. The van der Waals surface area contributed by atoms with Gasteiger partial charge in [0.05, 0.1) is 6.61 Å². The molecule has 2 aromatic carbocycles. The van der Waals surface area contributed by atoms with Crippen molar-refractivity contribution >= 4 is 11.8 Å². The molecule has 128 valence electrons. The maximum Gasteiger partial charge on any atom is 0.341 e. The number of nitrogen functional groups attached to an aromatic ring is 1. The van der Waals surface area contributed by atoms with Gasteiger partial charge in [0.1, 0.15) is 23.7 Å². The Labute approximate surface area is 146 Å². The highest BCUT2D eigenvalue weighted by atomic mass is 16.5. The van der Waals surface area contributed by atoms with Crippen molar-refractivity contribution in [3.05, 3.63) is 71.8 Å². The van der Waals surface area contributed by atoms with E-state index in [1.807, 2.05) is 54.6 Å². The number of carbonyl (C=O) groups excluding carboxylic acids is 1. The molecule has 0 bridgehead atoms. The highest BCUT2D eigenvalue weighted by Crippen LogP contribution is 2.26. The van der Waals surface area contributed by atoms with Crippen molar-refractivity contribution in [3.8, 4) is 17.0 Å². The van der Waals surface area contributed by atoms with E-state index < -0.39 is 5.97 Å². The molecule has 5 nitrogen and oxygen atoms in total. The largest absolute Gasteiger partial charge is 0.489 e. The number of aromatic nitrogens is 1. The van der Waals surface area contributed by atoms with Crippen LogP contribution in [0.25, 0.3) is 11.3 Å². The number of hydrogen-bond donors (Lipinski definition) is 2. The van der Waals surface area contributed by atoms with E-state index in [4.69, 9.17) is 15.2 Å². The lowest BCUT2D eigenvalue weighted by molar-refractivity contribution is 0.0528. The molecule has 0 saturated carbocycles. The van der Waals surface area contributed by atoms with Gasteiger partial charge in [0.25, 0.3) is 0 Å². The molecule has 3 rings (SSSR count). The first kappa shape index (κ1) is 16.6. The monoisotopic (exact) mass is 336 g/mol. The second kappa shape index (κ2) is 7.57. The zero-order chi connectivity index (χ0) is 17.6. The van der Waals surface area contributed by atoms with Crippen LogP contribution in [0.4, 0.5) is 5.82 Å². The zero-order valence-electron chi connectivity index (χ0n) is 14.0. The van der Waals surface area contributed by atoms with Gasteiger partial charge in [0.15, 0.2) is 0 Å². The number of nitrogens with one attached hydrogen (secondary N) is 1. The Balaban J connectivity index is 1.70. The lowest BCUT2D eigenvalue weighted by Crippen LogP contribution is -2.05. The third-order valence-corrected chi connectivity index (χ3v) is 3.76. The summed E-state index contributed by atoms with van der Waals surface area (Å²) in [6, 6.07) is 19.3. The maximum atomic E-state index is 11.8. The second-order valence-corrected chi connectivity index (χ2v) is 5.53. The fourth-order valence-electron chi connectivity index (χ4n) is 2.48. The molecule has 0 fully saturated rings. The van der Waals surface area contributed by atoms with Crippen molar-refractivity contribution in [2.24, 2.45) is 0 Å². The van der Waals surface area contributed by atoms with Crippen molar-refractivity contribution in [1.29, 1.82) is 0 Å². The summed E-state index contributed by atoms with van der Waals surface area (Å²) in [4.78, 5) is 14.9. The minimum atomic E-state index is -0.426. The Morgan fingerprint density at radius 2 is 1.80 bits per heavy atom. The highest BCUT2D eigenvalue weighted by molar-refractivity contribution is 5.96. The van der Waals surface area contributed by atoms with Crippen molar-refractivity contribution in [3.63, 3.8) is 0 Å². The number of ether oxygens (including phenoxy) is 2. The summed E-state index contributed by atoms with van der Waals surface area (Å²) >= 11 is 0. The minimum Gasteiger partial charge on any atom is -0.489 e. The van der Waals surface area contributed by atoms with Crippen LogP contribution in [0.1, 0.15) is 22.8 Å². The van der Waals surface area contributed by atoms with Crippen molar-refractivity contribution in [2.75, 3.05) is 12.3 Å². The first-order chi connectivity index (χ1) is 12.2. The fraction of sp³-hybridized carbons (Fsp3) is 0.150. The van der Waals surface area contributed by atoms with Gasteiger partial charge in [-0.15, -0.1) is 0 Å². The van der Waals surface area contributed by atoms with Crippen molar-refractivity contribution < 1.29 is 14.3 Å². The van der Waals surface area contributed by atoms with Crippen LogP contribution < -0.4 is 10.5 Å². The van der Waals surface area contributed by atoms with Gasteiger partial charge in [0.2, 0.25) is 0 Å². The number of hydrogen-bond acceptors (Lipinski definition) is 4. The molecule has 0 aliphatic rings. The number of H-pyrrole nitrogens is 1. The molecular formula is C20H20N2O3. The molecule has 25 heavy (non-hydrogen) atoms. The molecule has 1 heterocycles. The van der Waals surface area contributed by atoms with Crippen LogP contribution in [0, 0.1) is 0 Å². The van der Waals surface area contributed by atoms with Gasteiger partial charge in [-0.2, -0.15) is 0 Å². The van der Waals surface area contributed by atoms with Gasteiger partial charge in [-0.1, -0.05) is 30.3 Å². The number of rotatable bonds is 6. The quantitative estimate of drug-likeness (QED) is 0.667. The molecule has 3 N–H and O–H groups in total. The molecule has 5 heteroatoms. The van der Waals surface area contributed by atoms with Gasteiger partial charge in [-0.25, -0.2) is 4.79 Å². The first-order valence-electron chi connectivity index (χ1n) is 8.10. The Morgan fingerprint density at radius 1 is 1.08 bits per heavy atom. The number of aromatic amines is 1. The fourth-order valence-corrected chi connectivity index (χ4v) is 2.48. The van der Waals surface area contributed by atoms with E-state index in [2.05, 4.69) is 4.98 Å². The molecule has 0 amide bonds. The molecule has 0 spiro atoms. The number of anilines is 1. The number of benzene rings is 2. The Hall–Kier alpha value is -3.21. The van der Waals surface area contributed by atoms with Gasteiger partial charge < -0.3 is 20.2 Å². The summed E-state index contributed by atoms with van der Waals surface area (Å²) in [5.74, 6) is 0.654. The van der Waals surface area contributed by atoms with E-state index in [-0.39, 0.29) is 0 Å². The van der Waals surface area contributed by atoms with Gasteiger partial charge in [-0.3, -0.25) is 0 Å². The van der Waals surface area contributed by atoms with Crippen molar-refractivity contribution in [1.82, 2.24) is 4.98 Å². The smallest absolute Gasteiger partial charge is 0.341 e. The van der Waals surface area contributed by atoms with Crippen LogP contribution >= 0.6 is 0 Å². The Bertz CT molecular complexity index is 839. The molecule has 1 aromatic heterocycles. The van der Waals surface area contributed by atoms with Crippen LogP contribution in [0.2, 0.25) is 0 Å². The van der Waals surface area contributed by atoms with Crippen LogP contribution in [0.3, 0.4) is 0 Å². The SMILES string of the molecule is CCOC(=O)c1cc(-c2ccc(OCc3ccccc3)cc2)[nH]c1N. The van der Waals surface area contributed by atoms with Crippen LogP contribution in [0.5, 0.6) is 5.75 Å². The van der Waals surface area contributed by atoms with Gasteiger partial charge in [-0.05, 0) is 48.4 Å². The third-order valence-electron chi connectivity index (χ3n) is 3.76. The Kier molecular flexibility index (Phi) is 5.04. The number of carbonyl (C=O) groups is 1. The first-order valence-corrected chi connectivity index (χ1v) is 8.10. The lowest BCUT2D eigenvalue weighted by Gasteiger charge is -2.07. The van der Waals surface area contributed by atoms with E-state index in [0.717, 1.165) is 22.6 Å². The summed E-state index contributed by atoms with van der Waals surface area (Å²) in [5.41, 5.74) is 9.00. The standard InChI is InChI=1S/C20H20N2O3/c1-2-24-20(23)17-12-18(22-19(17)21)15-8-10-16(11-9-15)25-13-14-6-4-3-5-7-14/h3-12,22H,2,13,21H2,1H3. The zero-order valence-corrected chi connectivity index (χ0v) is 14.0. The predicted molar refractivity (Wildman–Crippen MR) is 97.4 cm³/mol. The summed E-state index contributed by atoms with van der Waals surface area (Å²) in [5, 5.41) is 0. The van der Waals surface area contributed by atoms with Crippen LogP contribution in [-0.4, -0.2) is 17.6 Å². The number of esters is 1. The molecule has 0 radical (unpaired) electrons. The summed E-state index contributed by atoms with van der Waals surface area (Å²) in [6.07, 6.45) is 0. The van der Waals surface area contributed by atoms with Gasteiger partial charge >= 0.3 is 5.97 Å². The molecule has 3 aromatic rings. The minimum absolute atomic E-state index is 0.304. The van der Waals surface area contributed by atoms with E-state index in [1.54, 1.807) is 13.0 Å². The Morgan fingerprint density at radius 3 is 2.48 bits per heavy atom. The lowest BCUT2D eigenvalue weighted by atomic mass is 10.1. The molecule has 0 aliphatic carbocycles. The molecular weight excluding hydrogens is 316 g/mol. The average molecular weight is 336 g/mol. The highest BCUT2D eigenvalue weighted by Gasteiger charge is 2.15. The maximum absolute atomic E-state index is 11.8. The van der Waals surface area contributed by atoms with E-state index in [1.165, 1.54) is 0 Å². The molecule has 0 aliphatic heterocycles. The van der Waals surface area contributed by atoms with Crippen LogP contribution in [-0.2, 0) is 11.3 Å². The molecule has 0 unspecified atom stereocenters. The van der Waals surface area contributed by atoms with E-state index >= 15 is 0 Å². The van der Waals surface area contributed by atoms with Crippen LogP contribution in [0.15, 0.2) is 60.7 Å².